The zero-order valence-corrected chi connectivity index (χ0v) is 21.8. The highest BCUT2D eigenvalue weighted by Crippen LogP contribution is 2.62. The summed E-state index contributed by atoms with van der Waals surface area (Å²) < 4.78 is 68.3. The molecule has 3 aliphatic carbocycles. The monoisotopic (exact) mass is 516 g/mol. The summed E-state index contributed by atoms with van der Waals surface area (Å²) in [4.78, 5) is 4.49. The van der Waals surface area contributed by atoms with Crippen LogP contribution in [0.3, 0.4) is 0 Å². The second-order valence-electron chi connectivity index (χ2n) is 11.7. The fraction of sp³-hybridized carbons (Fsp3) is 0.464. The first kappa shape index (κ1) is 25.1. The minimum Gasteiger partial charge on any atom is -0.346 e. The van der Waals surface area contributed by atoms with E-state index in [9.17, 15) is 21.6 Å². The number of aliphatic imine (C=N–C) groups is 1. The lowest BCUT2D eigenvalue weighted by Crippen LogP contribution is -2.63. The summed E-state index contributed by atoms with van der Waals surface area (Å²) in [6.45, 7) is 8.74. The quantitative estimate of drug-likeness (QED) is 0.328. The molecule has 0 N–H and O–H groups in total. The van der Waals surface area contributed by atoms with E-state index in [1.54, 1.807) is 25.1 Å². The van der Waals surface area contributed by atoms with Crippen LogP contribution in [-0.2, 0) is 22.6 Å². The van der Waals surface area contributed by atoms with E-state index in [0.29, 0.717) is 23.7 Å². The van der Waals surface area contributed by atoms with Crippen molar-refractivity contribution < 1.29 is 21.6 Å². The first-order valence-electron chi connectivity index (χ1n) is 12.2. The first-order valence-corrected chi connectivity index (χ1v) is 13.9. The molecule has 192 valence electrons. The minimum absolute atomic E-state index is 0.0817. The largest absolute Gasteiger partial charge is 0.417 e. The van der Waals surface area contributed by atoms with Crippen molar-refractivity contribution in [2.24, 2.45) is 16.3 Å². The second kappa shape index (κ2) is 8.20. The molecule has 0 radical (unpaired) electrons. The molecule has 4 nitrogen and oxygen atoms in total. The molecule has 2 bridgehead atoms. The Morgan fingerprint density at radius 2 is 1.75 bits per heavy atom. The van der Waals surface area contributed by atoms with Crippen molar-refractivity contribution in [2.75, 3.05) is 5.88 Å². The Morgan fingerprint density at radius 1 is 1.08 bits per heavy atom. The standard InChI is InChI=1S/C28H31F3N2O2S/c1-18(32-17-36(34,35)27-12-19(13-27)14-27)23-15-33(16-26(2,3)4)25-11-20(9-10-22(23)25)21-7-5-6-8-24(21)28(29,30)31/h5-11,15,19H,12-14,16-17H2,1-4H3/b32-18+. The van der Waals surface area contributed by atoms with E-state index in [2.05, 4.69) is 25.8 Å². The third kappa shape index (κ3) is 4.27. The van der Waals surface area contributed by atoms with Gasteiger partial charge in [-0.25, -0.2) is 8.42 Å². The molecule has 0 aliphatic heterocycles. The average molecular weight is 517 g/mol. The first-order chi connectivity index (χ1) is 16.7. The number of alkyl halides is 3. The van der Waals surface area contributed by atoms with Gasteiger partial charge >= 0.3 is 6.18 Å². The summed E-state index contributed by atoms with van der Waals surface area (Å²) in [6.07, 6.45) is -0.230. The van der Waals surface area contributed by atoms with Crippen LogP contribution in [0.5, 0.6) is 0 Å². The Morgan fingerprint density at radius 3 is 2.33 bits per heavy atom. The number of hydrogen-bond donors (Lipinski definition) is 0. The maximum atomic E-state index is 13.7. The Labute approximate surface area is 210 Å². The third-order valence-corrected chi connectivity index (χ3v) is 9.86. The lowest BCUT2D eigenvalue weighted by Gasteiger charge is -2.60. The van der Waals surface area contributed by atoms with Gasteiger partial charge in [-0.1, -0.05) is 51.1 Å². The van der Waals surface area contributed by atoms with E-state index < -0.39 is 26.3 Å². The van der Waals surface area contributed by atoms with Crippen LogP contribution in [0.25, 0.3) is 22.0 Å². The van der Waals surface area contributed by atoms with E-state index in [0.717, 1.165) is 41.8 Å². The molecular formula is C28H31F3N2O2S. The van der Waals surface area contributed by atoms with Crippen LogP contribution in [-0.4, -0.2) is 29.3 Å². The van der Waals surface area contributed by atoms with Gasteiger partial charge in [0.15, 0.2) is 9.84 Å². The summed E-state index contributed by atoms with van der Waals surface area (Å²) in [5, 5.41) is 0.844. The van der Waals surface area contributed by atoms with Crippen LogP contribution < -0.4 is 0 Å². The summed E-state index contributed by atoms with van der Waals surface area (Å²) in [5.41, 5.74) is 2.08. The molecule has 3 saturated carbocycles. The number of sulfone groups is 1. The fourth-order valence-electron chi connectivity index (χ4n) is 5.56. The molecule has 0 atom stereocenters. The Balaban J connectivity index is 1.57. The molecule has 1 aromatic heterocycles. The molecular weight excluding hydrogens is 485 g/mol. The van der Waals surface area contributed by atoms with Crippen LogP contribution in [0.1, 0.15) is 58.1 Å². The van der Waals surface area contributed by atoms with Crippen LogP contribution in [0.2, 0.25) is 0 Å². The van der Waals surface area contributed by atoms with Gasteiger partial charge in [-0.3, -0.25) is 4.99 Å². The summed E-state index contributed by atoms with van der Waals surface area (Å²) in [7, 11) is -3.30. The maximum Gasteiger partial charge on any atom is 0.417 e. The normalized spacial score (nSPS) is 22.4. The van der Waals surface area contributed by atoms with E-state index in [-0.39, 0.29) is 16.9 Å². The van der Waals surface area contributed by atoms with Crippen molar-refractivity contribution in [2.45, 2.75) is 64.4 Å². The highest BCUT2D eigenvalue weighted by Gasteiger charge is 2.64. The SMILES string of the molecule is C/C(=N\CS(=O)(=O)C12CC(C1)C2)c1cn(CC(C)(C)C)c2cc(-c3ccccc3C(F)(F)F)ccc12. The van der Waals surface area contributed by atoms with Gasteiger partial charge in [-0.15, -0.1) is 0 Å². The van der Waals surface area contributed by atoms with Crippen LogP contribution in [0.15, 0.2) is 53.7 Å². The lowest BCUT2D eigenvalue weighted by atomic mass is 9.55. The fourth-order valence-corrected chi connectivity index (χ4v) is 7.66. The summed E-state index contributed by atoms with van der Waals surface area (Å²) >= 11 is 0. The van der Waals surface area contributed by atoms with Gasteiger partial charge in [-0.05, 0) is 60.8 Å². The van der Waals surface area contributed by atoms with Crippen molar-refractivity contribution in [3.05, 3.63) is 59.8 Å². The molecule has 0 spiro atoms. The van der Waals surface area contributed by atoms with Crippen molar-refractivity contribution in [1.29, 1.82) is 0 Å². The topological polar surface area (TPSA) is 51.4 Å². The molecule has 3 aromatic rings. The van der Waals surface area contributed by atoms with Gasteiger partial charge in [0.05, 0.1) is 10.3 Å². The predicted octanol–water partition coefficient (Wildman–Crippen LogP) is 7.11. The number of aromatic nitrogens is 1. The summed E-state index contributed by atoms with van der Waals surface area (Å²) in [5.74, 6) is 0.339. The molecule has 0 saturated heterocycles. The van der Waals surface area contributed by atoms with Crippen molar-refractivity contribution >= 4 is 26.5 Å². The molecule has 3 aliphatic rings. The van der Waals surface area contributed by atoms with E-state index in [1.165, 1.54) is 12.1 Å². The van der Waals surface area contributed by atoms with Crippen molar-refractivity contribution in [3.8, 4) is 11.1 Å². The highest BCUT2D eigenvalue weighted by atomic mass is 32.2. The molecule has 1 heterocycles. The minimum atomic E-state index is -4.46. The summed E-state index contributed by atoms with van der Waals surface area (Å²) in [6, 6.07) is 10.9. The molecule has 0 amide bonds. The Bertz CT molecular complexity index is 1460. The van der Waals surface area contributed by atoms with Crippen LogP contribution >= 0.6 is 0 Å². The van der Waals surface area contributed by atoms with Gasteiger partial charge in [0, 0.05) is 34.9 Å². The Kier molecular flexibility index (Phi) is 5.71. The van der Waals surface area contributed by atoms with E-state index in [1.807, 2.05) is 16.8 Å². The molecule has 8 heteroatoms. The van der Waals surface area contributed by atoms with Crippen LogP contribution in [0.4, 0.5) is 13.2 Å². The van der Waals surface area contributed by atoms with E-state index >= 15 is 0 Å². The second-order valence-corrected chi connectivity index (χ2v) is 14.0. The number of hydrogen-bond acceptors (Lipinski definition) is 3. The zero-order chi connectivity index (χ0) is 26.1. The molecule has 2 aromatic carbocycles. The number of nitrogens with zero attached hydrogens (tertiary/aromatic N) is 2. The molecule has 3 fully saturated rings. The number of rotatable bonds is 6. The van der Waals surface area contributed by atoms with Gasteiger partial charge < -0.3 is 4.57 Å². The number of halogens is 3. The van der Waals surface area contributed by atoms with Gasteiger partial charge in [-0.2, -0.15) is 13.2 Å². The smallest absolute Gasteiger partial charge is 0.346 e. The zero-order valence-electron chi connectivity index (χ0n) is 21.0. The molecule has 6 rings (SSSR count). The maximum absolute atomic E-state index is 13.7. The Hall–Kier alpha value is -2.61. The number of fused-ring (bicyclic) bond motifs is 1. The molecule has 0 unspecified atom stereocenters. The average Bonchev–Trinajstić information content (AvgIpc) is 3.05. The van der Waals surface area contributed by atoms with E-state index in [4.69, 9.17) is 0 Å². The van der Waals surface area contributed by atoms with Crippen molar-refractivity contribution in [3.63, 3.8) is 0 Å². The van der Waals surface area contributed by atoms with Crippen molar-refractivity contribution in [1.82, 2.24) is 4.57 Å². The number of benzene rings is 2. The predicted molar refractivity (Wildman–Crippen MR) is 138 cm³/mol. The molecule has 36 heavy (non-hydrogen) atoms. The van der Waals surface area contributed by atoms with Gasteiger partial charge in [0.25, 0.3) is 0 Å². The van der Waals surface area contributed by atoms with Gasteiger partial charge in [0.1, 0.15) is 5.88 Å². The third-order valence-electron chi connectivity index (χ3n) is 7.57. The highest BCUT2D eigenvalue weighted by molar-refractivity contribution is 7.92. The van der Waals surface area contributed by atoms with Crippen LogP contribution in [0, 0.1) is 11.3 Å². The van der Waals surface area contributed by atoms with Gasteiger partial charge in [0.2, 0.25) is 0 Å². The lowest BCUT2D eigenvalue weighted by molar-refractivity contribution is -0.137.